The highest BCUT2D eigenvalue weighted by Gasteiger charge is 2.06. The van der Waals surface area contributed by atoms with Crippen molar-refractivity contribution in [3.63, 3.8) is 0 Å². The average Bonchev–Trinajstić information content (AvgIpc) is 2.36. The van der Waals surface area contributed by atoms with E-state index in [-0.39, 0.29) is 5.54 Å². The van der Waals surface area contributed by atoms with Gasteiger partial charge in [-0.15, -0.1) is 0 Å². The molecule has 0 bridgehead atoms. The first kappa shape index (κ1) is 16.0. The molecule has 0 fully saturated rings. The molecule has 1 aromatic rings. The molecular formula is C17H29NO. The van der Waals surface area contributed by atoms with Crippen molar-refractivity contribution in [3.8, 4) is 5.75 Å². The van der Waals surface area contributed by atoms with Crippen molar-refractivity contribution < 1.29 is 4.74 Å². The van der Waals surface area contributed by atoms with E-state index < -0.39 is 0 Å². The molecule has 108 valence electrons. The summed E-state index contributed by atoms with van der Waals surface area (Å²) in [5, 5.41) is 3.50. The molecule has 0 aliphatic heterocycles. The number of hydrogen-bond acceptors (Lipinski definition) is 2. The number of ether oxygens (including phenoxy) is 1. The lowest BCUT2D eigenvalue weighted by molar-refractivity contribution is 0.303. The molecule has 0 heterocycles. The van der Waals surface area contributed by atoms with Crippen LogP contribution in [0.3, 0.4) is 0 Å². The minimum Gasteiger partial charge on any atom is -0.494 e. The van der Waals surface area contributed by atoms with Crippen LogP contribution >= 0.6 is 0 Å². The Labute approximate surface area is 118 Å². The molecule has 0 saturated heterocycles. The summed E-state index contributed by atoms with van der Waals surface area (Å²) in [6, 6.07) is 8.40. The van der Waals surface area contributed by atoms with E-state index in [0.717, 1.165) is 31.7 Å². The van der Waals surface area contributed by atoms with Crippen LogP contribution in [0.4, 0.5) is 0 Å². The Balaban J connectivity index is 2.07. The molecule has 19 heavy (non-hydrogen) atoms. The SMILES string of the molecule is CCc1cccc(OCCCCCNC(C)(C)C)c1. The Bertz CT molecular complexity index is 355. The topological polar surface area (TPSA) is 21.3 Å². The summed E-state index contributed by atoms with van der Waals surface area (Å²) in [5.74, 6) is 1.01. The average molecular weight is 263 g/mol. The number of benzene rings is 1. The third-order valence-corrected chi connectivity index (χ3v) is 3.05. The van der Waals surface area contributed by atoms with Gasteiger partial charge in [0.2, 0.25) is 0 Å². The van der Waals surface area contributed by atoms with Gasteiger partial charge in [0.05, 0.1) is 6.61 Å². The van der Waals surface area contributed by atoms with E-state index in [2.05, 4.69) is 51.2 Å². The molecule has 0 atom stereocenters. The minimum absolute atomic E-state index is 0.233. The van der Waals surface area contributed by atoms with Crippen LogP contribution in [0.5, 0.6) is 5.75 Å². The molecule has 0 aliphatic rings. The first-order valence-electron chi connectivity index (χ1n) is 7.48. The number of aryl methyl sites for hydroxylation is 1. The van der Waals surface area contributed by atoms with Crippen LogP contribution in [0.25, 0.3) is 0 Å². The Morgan fingerprint density at radius 2 is 1.89 bits per heavy atom. The van der Waals surface area contributed by atoms with Gasteiger partial charge in [-0.05, 0) is 70.7 Å². The maximum absolute atomic E-state index is 5.78. The van der Waals surface area contributed by atoms with Crippen LogP contribution in [0, 0.1) is 0 Å². The van der Waals surface area contributed by atoms with Crippen LogP contribution in [-0.2, 0) is 6.42 Å². The molecule has 0 radical (unpaired) electrons. The lowest BCUT2D eigenvalue weighted by Crippen LogP contribution is -2.36. The van der Waals surface area contributed by atoms with Gasteiger partial charge in [0.15, 0.2) is 0 Å². The zero-order valence-electron chi connectivity index (χ0n) is 13.0. The quantitative estimate of drug-likeness (QED) is 0.710. The Kier molecular flexibility index (Phi) is 6.93. The van der Waals surface area contributed by atoms with Gasteiger partial charge in [0.25, 0.3) is 0 Å². The van der Waals surface area contributed by atoms with Gasteiger partial charge >= 0.3 is 0 Å². The number of rotatable bonds is 8. The van der Waals surface area contributed by atoms with Gasteiger partial charge in [0.1, 0.15) is 5.75 Å². The van der Waals surface area contributed by atoms with E-state index in [4.69, 9.17) is 4.74 Å². The molecule has 0 amide bonds. The first-order valence-corrected chi connectivity index (χ1v) is 7.48. The van der Waals surface area contributed by atoms with E-state index in [1.807, 2.05) is 6.07 Å². The van der Waals surface area contributed by atoms with E-state index in [9.17, 15) is 0 Å². The summed E-state index contributed by atoms with van der Waals surface area (Å²) < 4.78 is 5.78. The molecule has 1 aromatic carbocycles. The third-order valence-electron chi connectivity index (χ3n) is 3.05. The normalized spacial score (nSPS) is 11.6. The van der Waals surface area contributed by atoms with Crippen molar-refractivity contribution in [2.45, 2.75) is 58.9 Å². The Hall–Kier alpha value is -1.02. The van der Waals surface area contributed by atoms with Gasteiger partial charge in [-0.2, -0.15) is 0 Å². The highest BCUT2D eigenvalue weighted by atomic mass is 16.5. The highest BCUT2D eigenvalue weighted by molar-refractivity contribution is 5.28. The summed E-state index contributed by atoms with van der Waals surface area (Å²) in [4.78, 5) is 0. The van der Waals surface area contributed by atoms with Crippen molar-refractivity contribution in [3.05, 3.63) is 29.8 Å². The van der Waals surface area contributed by atoms with Crippen LogP contribution in [0.2, 0.25) is 0 Å². The summed E-state index contributed by atoms with van der Waals surface area (Å²) in [6.07, 6.45) is 4.63. The number of unbranched alkanes of at least 4 members (excludes halogenated alkanes) is 2. The van der Waals surface area contributed by atoms with Gasteiger partial charge in [-0.3, -0.25) is 0 Å². The molecule has 0 aromatic heterocycles. The predicted octanol–water partition coefficient (Wildman–Crippen LogP) is 4.19. The summed E-state index contributed by atoms with van der Waals surface area (Å²) in [7, 11) is 0. The maximum atomic E-state index is 5.78. The zero-order valence-corrected chi connectivity index (χ0v) is 13.0. The number of nitrogens with one attached hydrogen (secondary N) is 1. The predicted molar refractivity (Wildman–Crippen MR) is 82.9 cm³/mol. The van der Waals surface area contributed by atoms with Gasteiger partial charge in [0, 0.05) is 5.54 Å². The summed E-state index contributed by atoms with van der Waals surface area (Å²) in [6.45, 7) is 10.7. The fraction of sp³-hybridized carbons (Fsp3) is 0.647. The highest BCUT2D eigenvalue weighted by Crippen LogP contribution is 2.14. The smallest absolute Gasteiger partial charge is 0.119 e. The van der Waals surface area contributed by atoms with Crippen molar-refractivity contribution in [1.29, 1.82) is 0 Å². The standard InChI is InChI=1S/C17H29NO/c1-5-15-10-9-11-16(14-15)19-13-8-6-7-12-18-17(2,3)4/h9-11,14,18H,5-8,12-13H2,1-4H3. The van der Waals surface area contributed by atoms with E-state index in [1.54, 1.807) is 0 Å². The Morgan fingerprint density at radius 1 is 1.11 bits per heavy atom. The zero-order chi connectivity index (χ0) is 14.1. The van der Waals surface area contributed by atoms with Crippen LogP contribution in [0.1, 0.15) is 52.5 Å². The monoisotopic (exact) mass is 263 g/mol. The lowest BCUT2D eigenvalue weighted by Gasteiger charge is -2.20. The summed E-state index contributed by atoms with van der Waals surface area (Å²) in [5.41, 5.74) is 1.57. The molecule has 1 rings (SSSR count). The fourth-order valence-corrected chi connectivity index (χ4v) is 1.91. The summed E-state index contributed by atoms with van der Waals surface area (Å²) >= 11 is 0. The van der Waals surface area contributed by atoms with Gasteiger partial charge < -0.3 is 10.1 Å². The largest absolute Gasteiger partial charge is 0.494 e. The molecule has 0 unspecified atom stereocenters. The number of hydrogen-bond donors (Lipinski definition) is 1. The van der Waals surface area contributed by atoms with Crippen molar-refractivity contribution in [2.24, 2.45) is 0 Å². The van der Waals surface area contributed by atoms with E-state index >= 15 is 0 Å². The molecule has 2 nitrogen and oxygen atoms in total. The molecule has 0 aliphatic carbocycles. The lowest BCUT2D eigenvalue weighted by atomic mass is 10.1. The van der Waals surface area contributed by atoms with Gasteiger partial charge in [-0.1, -0.05) is 19.1 Å². The molecule has 2 heteroatoms. The minimum atomic E-state index is 0.233. The van der Waals surface area contributed by atoms with Crippen LogP contribution in [0.15, 0.2) is 24.3 Å². The maximum Gasteiger partial charge on any atom is 0.119 e. The van der Waals surface area contributed by atoms with Crippen LogP contribution < -0.4 is 10.1 Å². The molecule has 0 spiro atoms. The van der Waals surface area contributed by atoms with Crippen molar-refractivity contribution >= 4 is 0 Å². The second-order valence-corrected chi connectivity index (χ2v) is 6.09. The molecular weight excluding hydrogens is 234 g/mol. The van der Waals surface area contributed by atoms with Crippen molar-refractivity contribution in [2.75, 3.05) is 13.2 Å². The third kappa shape index (κ3) is 7.89. The van der Waals surface area contributed by atoms with Crippen LogP contribution in [-0.4, -0.2) is 18.7 Å². The second kappa shape index (κ2) is 8.21. The second-order valence-electron chi connectivity index (χ2n) is 6.09. The first-order chi connectivity index (χ1) is 9.01. The Morgan fingerprint density at radius 3 is 2.58 bits per heavy atom. The fourth-order valence-electron chi connectivity index (χ4n) is 1.91. The molecule has 1 N–H and O–H groups in total. The van der Waals surface area contributed by atoms with Crippen molar-refractivity contribution in [1.82, 2.24) is 5.32 Å². The van der Waals surface area contributed by atoms with E-state index in [1.165, 1.54) is 18.4 Å². The van der Waals surface area contributed by atoms with Gasteiger partial charge in [-0.25, -0.2) is 0 Å². The molecule has 0 saturated carbocycles. The van der Waals surface area contributed by atoms with E-state index in [0.29, 0.717) is 0 Å².